The molecule has 0 aromatic heterocycles. The van der Waals surface area contributed by atoms with Gasteiger partial charge in [0.15, 0.2) is 17.5 Å². The minimum atomic E-state index is 0.748. The van der Waals surface area contributed by atoms with E-state index in [1.54, 1.807) is 21.3 Å². The standard InChI is InChI=1S/C23H32N4O2/c1-24-23(25-12-11-17-8-10-21(28-3)22(15-17)29-4)26-16-18-7-9-20-19(14-18)6-5-13-27(20)2/h7-10,14-15H,5-6,11-13,16H2,1-4H3,(H2,24,25,26). The first-order chi connectivity index (χ1) is 14.1. The summed E-state index contributed by atoms with van der Waals surface area (Å²) in [5.41, 5.74) is 5.26. The summed E-state index contributed by atoms with van der Waals surface area (Å²) in [7, 11) is 7.27. The molecule has 0 radical (unpaired) electrons. The molecule has 1 aliphatic heterocycles. The second-order valence-electron chi connectivity index (χ2n) is 7.28. The van der Waals surface area contributed by atoms with Gasteiger partial charge in [0, 0.05) is 39.4 Å². The van der Waals surface area contributed by atoms with Crippen molar-refractivity contribution in [2.45, 2.75) is 25.8 Å². The van der Waals surface area contributed by atoms with E-state index in [4.69, 9.17) is 9.47 Å². The lowest BCUT2D eigenvalue weighted by Gasteiger charge is -2.28. The van der Waals surface area contributed by atoms with Gasteiger partial charge in [0.25, 0.3) is 0 Å². The fraction of sp³-hybridized carbons (Fsp3) is 0.435. The highest BCUT2D eigenvalue weighted by molar-refractivity contribution is 5.79. The first-order valence-electron chi connectivity index (χ1n) is 10.1. The highest BCUT2D eigenvalue weighted by atomic mass is 16.5. The number of methoxy groups -OCH3 is 2. The molecule has 156 valence electrons. The summed E-state index contributed by atoms with van der Waals surface area (Å²) in [6.45, 7) is 2.68. The quantitative estimate of drug-likeness (QED) is 0.557. The average Bonchev–Trinajstić information content (AvgIpc) is 2.76. The molecule has 0 spiro atoms. The molecule has 2 aromatic rings. The summed E-state index contributed by atoms with van der Waals surface area (Å²) in [6, 6.07) is 12.8. The largest absolute Gasteiger partial charge is 0.493 e. The van der Waals surface area contributed by atoms with Crippen LogP contribution in [0.4, 0.5) is 5.69 Å². The van der Waals surface area contributed by atoms with Crippen molar-refractivity contribution in [3.05, 3.63) is 53.1 Å². The lowest BCUT2D eigenvalue weighted by atomic mass is 9.99. The van der Waals surface area contributed by atoms with E-state index < -0.39 is 0 Å². The number of ether oxygens (including phenoxy) is 2. The van der Waals surface area contributed by atoms with E-state index in [9.17, 15) is 0 Å². The molecule has 0 saturated heterocycles. The fourth-order valence-corrected chi connectivity index (χ4v) is 3.72. The molecule has 0 atom stereocenters. The fourth-order valence-electron chi connectivity index (χ4n) is 3.72. The Hall–Kier alpha value is -2.89. The van der Waals surface area contributed by atoms with E-state index in [1.165, 1.54) is 28.8 Å². The van der Waals surface area contributed by atoms with E-state index in [0.29, 0.717) is 0 Å². The van der Waals surface area contributed by atoms with Crippen LogP contribution in [0.5, 0.6) is 11.5 Å². The first kappa shape index (κ1) is 20.8. The van der Waals surface area contributed by atoms with Crippen molar-refractivity contribution >= 4 is 11.6 Å². The Balaban J connectivity index is 1.50. The van der Waals surface area contributed by atoms with Crippen LogP contribution in [-0.4, -0.2) is 47.4 Å². The molecule has 1 heterocycles. The monoisotopic (exact) mass is 396 g/mol. The number of hydrogen-bond acceptors (Lipinski definition) is 4. The summed E-state index contributed by atoms with van der Waals surface area (Å²) in [5.74, 6) is 2.31. The molecule has 29 heavy (non-hydrogen) atoms. The van der Waals surface area contributed by atoms with Gasteiger partial charge in [-0.25, -0.2) is 0 Å². The number of benzene rings is 2. The van der Waals surface area contributed by atoms with Crippen LogP contribution in [0.25, 0.3) is 0 Å². The molecule has 6 nitrogen and oxygen atoms in total. The van der Waals surface area contributed by atoms with Crippen LogP contribution in [-0.2, 0) is 19.4 Å². The van der Waals surface area contributed by atoms with Crippen molar-refractivity contribution in [2.24, 2.45) is 4.99 Å². The summed E-state index contributed by atoms with van der Waals surface area (Å²) in [6.07, 6.45) is 3.25. The van der Waals surface area contributed by atoms with Crippen molar-refractivity contribution in [1.82, 2.24) is 10.6 Å². The molecule has 0 bridgehead atoms. The van der Waals surface area contributed by atoms with Crippen molar-refractivity contribution in [3.63, 3.8) is 0 Å². The van der Waals surface area contributed by atoms with Crippen molar-refractivity contribution in [2.75, 3.05) is 46.3 Å². The number of nitrogens with one attached hydrogen (secondary N) is 2. The number of anilines is 1. The van der Waals surface area contributed by atoms with Crippen LogP contribution < -0.4 is 25.0 Å². The Morgan fingerprint density at radius 1 is 1.03 bits per heavy atom. The molecular formula is C23H32N4O2. The van der Waals surface area contributed by atoms with Crippen LogP contribution >= 0.6 is 0 Å². The Morgan fingerprint density at radius 3 is 2.59 bits per heavy atom. The minimum Gasteiger partial charge on any atom is -0.493 e. The zero-order chi connectivity index (χ0) is 20.6. The zero-order valence-electron chi connectivity index (χ0n) is 17.9. The smallest absolute Gasteiger partial charge is 0.191 e. The van der Waals surface area contributed by atoms with Gasteiger partial charge < -0.3 is 25.0 Å². The number of nitrogens with zero attached hydrogens (tertiary/aromatic N) is 2. The normalized spacial score (nSPS) is 13.7. The third-order valence-electron chi connectivity index (χ3n) is 5.33. The van der Waals surface area contributed by atoms with Crippen LogP contribution in [0.1, 0.15) is 23.1 Å². The maximum Gasteiger partial charge on any atom is 0.191 e. The van der Waals surface area contributed by atoms with Gasteiger partial charge in [0.05, 0.1) is 14.2 Å². The van der Waals surface area contributed by atoms with Gasteiger partial charge in [-0.2, -0.15) is 0 Å². The van der Waals surface area contributed by atoms with E-state index in [1.807, 2.05) is 12.1 Å². The molecule has 6 heteroatoms. The van der Waals surface area contributed by atoms with Crippen LogP contribution in [0.15, 0.2) is 41.4 Å². The Labute approximate surface area is 173 Å². The van der Waals surface area contributed by atoms with Gasteiger partial charge in [-0.3, -0.25) is 4.99 Å². The average molecular weight is 397 g/mol. The van der Waals surface area contributed by atoms with Gasteiger partial charge in [-0.15, -0.1) is 0 Å². The number of hydrogen-bond donors (Lipinski definition) is 2. The van der Waals surface area contributed by atoms with Crippen molar-refractivity contribution < 1.29 is 9.47 Å². The maximum atomic E-state index is 5.37. The van der Waals surface area contributed by atoms with Crippen LogP contribution in [0.2, 0.25) is 0 Å². The Kier molecular flexibility index (Phi) is 7.22. The molecule has 3 rings (SSSR count). The highest BCUT2D eigenvalue weighted by Gasteiger charge is 2.13. The van der Waals surface area contributed by atoms with Gasteiger partial charge in [0.1, 0.15) is 0 Å². The lowest BCUT2D eigenvalue weighted by molar-refractivity contribution is 0.354. The summed E-state index contributed by atoms with van der Waals surface area (Å²) in [4.78, 5) is 6.67. The number of rotatable bonds is 7. The minimum absolute atomic E-state index is 0.748. The van der Waals surface area contributed by atoms with Crippen LogP contribution in [0, 0.1) is 0 Å². The number of aryl methyl sites for hydroxylation is 1. The maximum absolute atomic E-state index is 5.37. The van der Waals surface area contributed by atoms with E-state index in [-0.39, 0.29) is 0 Å². The molecule has 0 aliphatic carbocycles. The Morgan fingerprint density at radius 2 is 1.83 bits per heavy atom. The second kappa shape index (κ2) is 10.0. The predicted molar refractivity (Wildman–Crippen MR) is 119 cm³/mol. The lowest BCUT2D eigenvalue weighted by Crippen LogP contribution is -2.37. The molecule has 0 unspecified atom stereocenters. The van der Waals surface area contributed by atoms with Crippen molar-refractivity contribution in [1.29, 1.82) is 0 Å². The van der Waals surface area contributed by atoms with Crippen molar-refractivity contribution in [3.8, 4) is 11.5 Å². The Bertz CT molecular complexity index is 851. The molecule has 2 N–H and O–H groups in total. The molecule has 2 aromatic carbocycles. The van der Waals surface area contributed by atoms with E-state index >= 15 is 0 Å². The summed E-state index contributed by atoms with van der Waals surface area (Å²) in [5, 5.41) is 6.79. The zero-order valence-corrected chi connectivity index (χ0v) is 17.9. The summed E-state index contributed by atoms with van der Waals surface area (Å²) < 4.78 is 10.7. The third kappa shape index (κ3) is 5.34. The molecular weight excluding hydrogens is 364 g/mol. The molecule has 0 saturated carbocycles. The third-order valence-corrected chi connectivity index (χ3v) is 5.33. The highest BCUT2D eigenvalue weighted by Crippen LogP contribution is 2.28. The van der Waals surface area contributed by atoms with Crippen LogP contribution in [0.3, 0.4) is 0 Å². The summed E-state index contributed by atoms with van der Waals surface area (Å²) >= 11 is 0. The topological polar surface area (TPSA) is 58.1 Å². The first-order valence-corrected chi connectivity index (χ1v) is 10.1. The second-order valence-corrected chi connectivity index (χ2v) is 7.28. The SMILES string of the molecule is CN=C(NCCc1ccc(OC)c(OC)c1)NCc1ccc2c(c1)CCCN2C. The molecule has 0 fully saturated rings. The van der Waals surface area contributed by atoms with Gasteiger partial charge in [0.2, 0.25) is 0 Å². The molecule has 1 aliphatic rings. The van der Waals surface area contributed by atoms with E-state index in [0.717, 1.165) is 49.9 Å². The predicted octanol–water partition coefficient (Wildman–Crippen LogP) is 2.99. The number of fused-ring (bicyclic) bond motifs is 1. The van der Waals surface area contributed by atoms with Gasteiger partial charge in [-0.1, -0.05) is 18.2 Å². The molecule has 0 amide bonds. The van der Waals surface area contributed by atoms with E-state index in [2.05, 4.69) is 51.8 Å². The van der Waals surface area contributed by atoms with Gasteiger partial charge in [-0.05, 0) is 54.2 Å². The van der Waals surface area contributed by atoms with Gasteiger partial charge >= 0.3 is 0 Å². The number of guanidine groups is 1. The number of aliphatic imine (C=N–C) groups is 1.